The van der Waals surface area contributed by atoms with Crippen LogP contribution >= 0.6 is 0 Å². The highest BCUT2D eigenvalue weighted by Crippen LogP contribution is 2.32. The predicted octanol–water partition coefficient (Wildman–Crippen LogP) is 3.43. The lowest BCUT2D eigenvalue weighted by molar-refractivity contribution is 0.170. The number of rotatable bonds is 6. The van der Waals surface area contributed by atoms with Gasteiger partial charge in [-0.05, 0) is 52.5 Å². The van der Waals surface area contributed by atoms with E-state index in [1.807, 2.05) is 6.07 Å². The summed E-state index contributed by atoms with van der Waals surface area (Å²) in [5.41, 5.74) is 8.35. The number of nitrogens with one attached hydrogen (secondary N) is 3. The lowest BCUT2D eigenvalue weighted by Crippen LogP contribution is -2.60. The van der Waals surface area contributed by atoms with Gasteiger partial charge >= 0.3 is 0 Å². The Morgan fingerprint density at radius 1 is 1.04 bits per heavy atom. The van der Waals surface area contributed by atoms with Gasteiger partial charge in [0.25, 0.3) is 0 Å². The second-order valence-electron chi connectivity index (χ2n) is 8.79. The molecule has 6 heteroatoms. The van der Waals surface area contributed by atoms with Gasteiger partial charge < -0.3 is 21.7 Å². The maximum absolute atomic E-state index is 6.35. The van der Waals surface area contributed by atoms with Gasteiger partial charge in [0.1, 0.15) is 12.0 Å². The fourth-order valence-corrected chi connectivity index (χ4v) is 4.24. The summed E-state index contributed by atoms with van der Waals surface area (Å²) in [6.07, 6.45) is 4.51. The molecule has 0 amide bonds. The van der Waals surface area contributed by atoms with Crippen LogP contribution in [0, 0.1) is 0 Å². The van der Waals surface area contributed by atoms with E-state index in [1.165, 1.54) is 5.56 Å². The number of nitrogens with zero attached hydrogens (tertiary/aromatic N) is 2. The lowest BCUT2D eigenvalue weighted by atomic mass is 9.79. The van der Waals surface area contributed by atoms with Gasteiger partial charge in [-0.3, -0.25) is 0 Å². The Balaban J connectivity index is 1.64. The minimum atomic E-state index is 0.0674. The Kier molecular flexibility index (Phi) is 5.56. The fraction of sp³-hybridized carbons (Fsp3) is 0.524. The summed E-state index contributed by atoms with van der Waals surface area (Å²) in [6.45, 7) is 9.73. The Hall–Kier alpha value is -2.34. The molecular weight excluding hydrogens is 336 g/mol. The van der Waals surface area contributed by atoms with Crippen LogP contribution < -0.4 is 21.7 Å². The summed E-state index contributed by atoms with van der Waals surface area (Å²) in [4.78, 5) is 8.71. The molecule has 1 saturated heterocycles. The molecule has 1 aromatic heterocycles. The highest BCUT2D eigenvalue weighted by Gasteiger charge is 2.37. The second kappa shape index (κ2) is 7.72. The Bertz CT molecular complexity index is 741. The van der Waals surface area contributed by atoms with E-state index < -0.39 is 0 Å². The van der Waals surface area contributed by atoms with Crippen LogP contribution in [0.15, 0.2) is 36.7 Å². The van der Waals surface area contributed by atoms with Crippen molar-refractivity contribution in [1.29, 1.82) is 0 Å². The number of anilines is 3. The molecule has 27 heavy (non-hydrogen) atoms. The van der Waals surface area contributed by atoms with Crippen molar-refractivity contribution in [3.05, 3.63) is 42.2 Å². The molecule has 0 unspecified atom stereocenters. The maximum atomic E-state index is 6.35. The number of nitrogen functional groups attached to an aromatic ring is 1. The van der Waals surface area contributed by atoms with Crippen LogP contribution in [0.3, 0.4) is 0 Å². The SMILES string of the molecule is CC1(C)CC(Nc2ncnc(NCCc3ccccc3)c2N)CC(C)(C)N1. The van der Waals surface area contributed by atoms with Crippen molar-refractivity contribution in [1.82, 2.24) is 15.3 Å². The van der Waals surface area contributed by atoms with Crippen LogP contribution in [0.4, 0.5) is 17.3 Å². The molecule has 1 aromatic carbocycles. The third kappa shape index (κ3) is 5.32. The van der Waals surface area contributed by atoms with Crippen molar-refractivity contribution in [3.8, 4) is 0 Å². The number of benzene rings is 1. The summed E-state index contributed by atoms with van der Waals surface area (Å²) >= 11 is 0. The van der Waals surface area contributed by atoms with Crippen molar-refractivity contribution in [2.24, 2.45) is 0 Å². The lowest BCUT2D eigenvalue weighted by Gasteiger charge is -2.46. The molecular formula is C21H32N6. The molecule has 1 aliphatic rings. The van der Waals surface area contributed by atoms with Crippen LogP contribution in [0.1, 0.15) is 46.1 Å². The Labute approximate surface area is 162 Å². The van der Waals surface area contributed by atoms with E-state index in [1.54, 1.807) is 6.33 Å². The van der Waals surface area contributed by atoms with Crippen LogP contribution in [-0.4, -0.2) is 33.6 Å². The third-order valence-electron chi connectivity index (χ3n) is 4.96. The second-order valence-corrected chi connectivity index (χ2v) is 8.79. The largest absolute Gasteiger partial charge is 0.393 e. The van der Waals surface area contributed by atoms with Crippen molar-refractivity contribution in [2.45, 2.75) is 64.1 Å². The molecule has 0 bridgehead atoms. The molecule has 6 nitrogen and oxygen atoms in total. The van der Waals surface area contributed by atoms with E-state index in [-0.39, 0.29) is 11.1 Å². The number of piperidine rings is 1. The van der Waals surface area contributed by atoms with Gasteiger partial charge in [-0.2, -0.15) is 0 Å². The van der Waals surface area contributed by atoms with Gasteiger partial charge in [-0.15, -0.1) is 0 Å². The van der Waals surface area contributed by atoms with Gasteiger partial charge in [0.15, 0.2) is 11.6 Å². The van der Waals surface area contributed by atoms with Crippen molar-refractivity contribution >= 4 is 17.3 Å². The number of aromatic nitrogens is 2. The van der Waals surface area contributed by atoms with Crippen LogP contribution in [0.2, 0.25) is 0 Å². The molecule has 1 aliphatic heterocycles. The molecule has 0 spiro atoms. The first kappa shape index (κ1) is 19.4. The zero-order valence-electron chi connectivity index (χ0n) is 16.8. The topological polar surface area (TPSA) is 87.9 Å². The van der Waals surface area contributed by atoms with E-state index in [0.717, 1.165) is 25.8 Å². The van der Waals surface area contributed by atoms with E-state index in [0.29, 0.717) is 23.4 Å². The zero-order valence-corrected chi connectivity index (χ0v) is 16.8. The van der Waals surface area contributed by atoms with Gasteiger partial charge in [0.2, 0.25) is 0 Å². The van der Waals surface area contributed by atoms with Crippen molar-refractivity contribution in [3.63, 3.8) is 0 Å². The number of hydrogen-bond acceptors (Lipinski definition) is 6. The Morgan fingerprint density at radius 2 is 1.67 bits per heavy atom. The molecule has 0 saturated carbocycles. The normalized spacial score (nSPS) is 18.8. The smallest absolute Gasteiger partial charge is 0.155 e. The highest BCUT2D eigenvalue weighted by molar-refractivity contribution is 5.74. The average molecular weight is 369 g/mol. The first-order valence-electron chi connectivity index (χ1n) is 9.68. The molecule has 2 aromatic rings. The summed E-state index contributed by atoms with van der Waals surface area (Å²) < 4.78 is 0. The van der Waals surface area contributed by atoms with Gasteiger partial charge in [-0.25, -0.2) is 9.97 Å². The van der Waals surface area contributed by atoms with Gasteiger partial charge in [0.05, 0.1) is 0 Å². The molecule has 2 heterocycles. The van der Waals surface area contributed by atoms with Crippen LogP contribution in [0.25, 0.3) is 0 Å². The van der Waals surface area contributed by atoms with Crippen molar-refractivity contribution < 1.29 is 0 Å². The molecule has 0 radical (unpaired) electrons. The van der Waals surface area contributed by atoms with E-state index >= 15 is 0 Å². The quantitative estimate of drug-likeness (QED) is 0.625. The third-order valence-corrected chi connectivity index (χ3v) is 4.96. The summed E-state index contributed by atoms with van der Waals surface area (Å²) in [5.74, 6) is 1.40. The molecule has 1 fully saturated rings. The fourth-order valence-electron chi connectivity index (χ4n) is 4.24. The maximum Gasteiger partial charge on any atom is 0.155 e. The zero-order chi connectivity index (χ0) is 19.5. The highest BCUT2D eigenvalue weighted by atomic mass is 15.1. The van der Waals surface area contributed by atoms with Crippen molar-refractivity contribution in [2.75, 3.05) is 22.9 Å². The predicted molar refractivity (Wildman–Crippen MR) is 113 cm³/mol. The molecule has 146 valence electrons. The first-order valence-corrected chi connectivity index (χ1v) is 9.68. The molecule has 3 rings (SSSR count). The van der Waals surface area contributed by atoms with E-state index in [2.05, 4.69) is 77.9 Å². The average Bonchev–Trinajstić information content (AvgIpc) is 2.56. The van der Waals surface area contributed by atoms with Gasteiger partial charge in [-0.1, -0.05) is 30.3 Å². The van der Waals surface area contributed by atoms with Crippen LogP contribution in [-0.2, 0) is 6.42 Å². The van der Waals surface area contributed by atoms with E-state index in [4.69, 9.17) is 5.73 Å². The summed E-state index contributed by atoms with van der Waals surface area (Å²) in [6, 6.07) is 10.7. The monoisotopic (exact) mass is 368 g/mol. The molecule has 0 aliphatic carbocycles. The van der Waals surface area contributed by atoms with Crippen LogP contribution in [0.5, 0.6) is 0 Å². The van der Waals surface area contributed by atoms with Gasteiger partial charge in [0, 0.05) is 23.7 Å². The molecule has 5 N–H and O–H groups in total. The summed E-state index contributed by atoms with van der Waals surface area (Å²) in [5, 5.41) is 10.6. The standard InChI is InChI=1S/C21H32N6/c1-20(2)12-16(13-21(3,4)27-20)26-19-17(22)18(24-14-25-19)23-11-10-15-8-6-5-7-9-15/h5-9,14,16,27H,10-13,22H2,1-4H3,(H2,23,24,25,26). The summed E-state index contributed by atoms with van der Waals surface area (Å²) in [7, 11) is 0. The molecule has 0 atom stereocenters. The minimum absolute atomic E-state index is 0.0674. The first-order chi connectivity index (χ1) is 12.7. The Morgan fingerprint density at radius 3 is 2.33 bits per heavy atom. The minimum Gasteiger partial charge on any atom is -0.393 e. The number of nitrogens with two attached hydrogens (primary N) is 1. The number of hydrogen-bond donors (Lipinski definition) is 4. The van der Waals surface area contributed by atoms with E-state index in [9.17, 15) is 0 Å².